The van der Waals surface area contributed by atoms with Crippen LogP contribution in [0.3, 0.4) is 0 Å². The highest BCUT2D eigenvalue weighted by molar-refractivity contribution is 5.73. The van der Waals surface area contributed by atoms with Crippen molar-refractivity contribution in [2.24, 2.45) is 0 Å². The van der Waals surface area contributed by atoms with Crippen molar-refractivity contribution in [3.05, 3.63) is 0 Å². The van der Waals surface area contributed by atoms with Crippen LogP contribution in [0.15, 0.2) is 0 Å². The molecule has 6 nitrogen and oxygen atoms in total. The van der Waals surface area contributed by atoms with E-state index in [9.17, 15) is 9.59 Å². The van der Waals surface area contributed by atoms with E-state index in [0.29, 0.717) is 13.1 Å². The third kappa shape index (κ3) is 7.19. The molecule has 0 aromatic rings. The molecule has 0 saturated heterocycles. The Morgan fingerprint density at radius 2 is 1.25 bits per heavy atom. The van der Waals surface area contributed by atoms with Gasteiger partial charge in [-0.3, -0.25) is 9.59 Å². The molecular formula is C10H20N2O4. The Kier molecular flexibility index (Phi) is 7.49. The average Bonchev–Trinajstić information content (AvgIpc) is 2.21. The van der Waals surface area contributed by atoms with E-state index in [1.54, 1.807) is 13.8 Å². The van der Waals surface area contributed by atoms with Gasteiger partial charge in [-0.2, -0.15) is 0 Å². The van der Waals surface area contributed by atoms with Crippen LogP contribution in [-0.2, 0) is 9.59 Å². The predicted octanol–water partition coefficient (Wildman–Crippen LogP) is -0.108. The number of aliphatic carboxylic acids is 2. The second-order valence-corrected chi connectivity index (χ2v) is 3.74. The minimum absolute atomic E-state index is 0.536. The fraction of sp³-hybridized carbons (Fsp3) is 0.800. The first-order chi connectivity index (χ1) is 7.45. The highest BCUT2D eigenvalue weighted by Crippen LogP contribution is 1.89. The van der Waals surface area contributed by atoms with Crippen LogP contribution in [0.2, 0.25) is 0 Å². The van der Waals surface area contributed by atoms with E-state index in [0.717, 1.165) is 12.8 Å². The number of hydrogen-bond donors (Lipinski definition) is 4. The largest absolute Gasteiger partial charge is 0.480 e. The molecule has 4 N–H and O–H groups in total. The number of hydrogen-bond acceptors (Lipinski definition) is 4. The zero-order valence-electron chi connectivity index (χ0n) is 9.69. The third-order valence-electron chi connectivity index (χ3n) is 2.25. The molecule has 0 aromatic carbocycles. The summed E-state index contributed by atoms with van der Waals surface area (Å²) in [6.07, 6.45) is 1.63. The fourth-order valence-electron chi connectivity index (χ4n) is 1.06. The molecule has 0 aliphatic carbocycles. The summed E-state index contributed by atoms with van der Waals surface area (Å²) in [5, 5.41) is 22.9. The van der Waals surface area contributed by atoms with Gasteiger partial charge in [0.15, 0.2) is 0 Å². The zero-order valence-corrected chi connectivity index (χ0v) is 9.69. The number of carboxylic acids is 2. The van der Waals surface area contributed by atoms with Gasteiger partial charge in [-0.1, -0.05) is 0 Å². The Hall–Kier alpha value is -1.14. The molecule has 6 heteroatoms. The maximum absolute atomic E-state index is 10.4. The maximum atomic E-state index is 10.4. The van der Waals surface area contributed by atoms with E-state index in [1.807, 2.05) is 0 Å². The van der Waals surface area contributed by atoms with Gasteiger partial charge in [0.1, 0.15) is 12.1 Å². The minimum Gasteiger partial charge on any atom is -0.480 e. The van der Waals surface area contributed by atoms with Gasteiger partial charge in [-0.25, -0.2) is 0 Å². The number of nitrogens with one attached hydrogen (secondary N) is 2. The Bertz CT molecular complexity index is 209. The second-order valence-electron chi connectivity index (χ2n) is 3.74. The van der Waals surface area contributed by atoms with E-state index in [2.05, 4.69) is 10.6 Å². The summed E-state index contributed by atoms with van der Waals surface area (Å²) in [5.74, 6) is -1.73. The van der Waals surface area contributed by atoms with Crippen LogP contribution >= 0.6 is 0 Å². The maximum Gasteiger partial charge on any atom is 0.320 e. The highest BCUT2D eigenvalue weighted by atomic mass is 16.4. The van der Waals surface area contributed by atoms with Crippen molar-refractivity contribution in [3.63, 3.8) is 0 Å². The summed E-state index contributed by atoms with van der Waals surface area (Å²) in [7, 11) is 0. The molecule has 0 bridgehead atoms. The summed E-state index contributed by atoms with van der Waals surface area (Å²) < 4.78 is 0. The quantitative estimate of drug-likeness (QED) is 0.414. The topological polar surface area (TPSA) is 98.7 Å². The van der Waals surface area contributed by atoms with Crippen molar-refractivity contribution in [3.8, 4) is 0 Å². The van der Waals surface area contributed by atoms with Gasteiger partial charge in [-0.15, -0.1) is 0 Å². The molecule has 0 radical (unpaired) electrons. The Labute approximate surface area is 95.0 Å². The first-order valence-corrected chi connectivity index (χ1v) is 5.37. The van der Waals surface area contributed by atoms with Crippen LogP contribution < -0.4 is 10.6 Å². The summed E-state index contributed by atoms with van der Waals surface area (Å²) in [6.45, 7) is 4.42. The van der Waals surface area contributed by atoms with Gasteiger partial charge >= 0.3 is 11.9 Å². The molecule has 16 heavy (non-hydrogen) atoms. The molecule has 2 atom stereocenters. The summed E-state index contributed by atoms with van der Waals surface area (Å²) >= 11 is 0. The van der Waals surface area contributed by atoms with Crippen LogP contribution in [0.25, 0.3) is 0 Å². The average molecular weight is 232 g/mol. The number of unbranched alkanes of at least 4 members (excludes halogenated alkanes) is 1. The number of carbonyl (C=O) groups is 2. The Morgan fingerprint density at radius 3 is 1.50 bits per heavy atom. The van der Waals surface area contributed by atoms with E-state index >= 15 is 0 Å². The minimum atomic E-state index is -0.863. The molecule has 0 amide bonds. The smallest absolute Gasteiger partial charge is 0.320 e. The molecule has 0 rings (SSSR count). The standard InChI is InChI=1S/C10H20N2O4/c1-7(9(13)14)11-5-3-4-6-12-8(2)10(15)16/h7-8,11-12H,3-6H2,1-2H3,(H,13,14)(H,15,16)/t7-,8-/m0/s1. The zero-order chi connectivity index (χ0) is 12.6. The molecular weight excluding hydrogens is 212 g/mol. The second kappa shape index (κ2) is 8.06. The van der Waals surface area contributed by atoms with E-state index in [1.165, 1.54) is 0 Å². The number of rotatable bonds is 9. The van der Waals surface area contributed by atoms with Gasteiger partial charge in [0.05, 0.1) is 0 Å². The van der Waals surface area contributed by atoms with E-state index < -0.39 is 24.0 Å². The van der Waals surface area contributed by atoms with Crippen molar-refractivity contribution < 1.29 is 19.8 Å². The van der Waals surface area contributed by atoms with Crippen molar-refractivity contribution in [1.29, 1.82) is 0 Å². The fourth-order valence-corrected chi connectivity index (χ4v) is 1.06. The molecule has 0 spiro atoms. The lowest BCUT2D eigenvalue weighted by atomic mass is 10.2. The summed E-state index contributed by atoms with van der Waals surface area (Å²) in [6, 6.07) is -1.07. The summed E-state index contributed by atoms with van der Waals surface area (Å²) in [4.78, 5) is 20.9. The summed E-state index contributed by atoms with van der Waals surface area (Å²) in [5.41, 5.74) is 0. The van der Waals surface area contributed by atoms with Gasteiger partial charge in [0.2, 0.25) is 0 Å². The van der Waals surface area contributed by atoms with E-state index in [4.69, 9.17) is 10.2 Å². The van der Waals surface area contributed by atoms with Crippen molar-refractivity contribution >= 4 is 11.9 Å². The normalized spacial score (nSPS) is 14.4. The number of carboxylic acid groups (broad SMARTS) is 2. The van der Waals surface area contributed by atoms with Crippen LogP contribution in [0.4, 0.5) is 0 Å². The van der Waals surface area contributed by atoms with Gasteiger partial charge in [0, 0.05) is 0 Å². The van der Waals surface area contributed by atoms with E-state index in [-0.39, 0.29) is 0 Å². The lowest BCUT2D eigenvalue weighted by Gasteiger charge is -2.10. The SMILES string of the molecule is C[C@H](NCCCCN[C@@H](C)C(=O)O)C(=O)O. The molecule has 0 unspecified atom stereocenters. The lowest BCUT2D eigenvalue weighted by Crippen LogP contribution is -2.36. The molecule has 0 aliphatic rings. The first kappa shape index (κ1) is 14.9. The van der Waals surface area contributed by atoms with Crippen LogP contribution in [0.5, 0.6) is 0 Å². The van der Waals surface area contributed by atoms with Crippen molar-refractivity contribution in [2.75, 3.05) is 13.1 Å². The van der Waals surface area contributed by atoms with Crippen LogP contribution in [0, 0.1) is 0 Å². The molecule has 94 valence electrons. The van der Waals surface area contributed by atoms with Crippen molar-refractivity contribution in [2.45, 2.75) is 38.8 Å². The monoisotopic (exact) mass is 232 g/mol. The van der Waals surface area contributed by atoms with Gasteiger partial charge in [0.25, 0.3) is 0 Å². The van der Waals surface area contributed by atoms with Crippen LogP contribution in [-0.4, -0.2) is 47.3 Å². The molecule has 0 aliphatic heterocycles. The molecule has 0 heterocycles. The highest BCUT2D eigenvalue weighted by Gasteiger charge is 2.09. The third-order valence-corrected chi connectivity index (χ3v) is 2.25. The molecule has 0 fully saturated rings. The van der Waals surface area contributed by atoms with Crippen LogP contribution in [0.1, 0.15) is 26.7 Å². The Balaban J connectivity index is 3.34. The van der Waals surface area contributed by atoms with Crippen molar-refractivity contribution in [1.82, 2.24) is 10.6 Å². The van der Waals surface area contributed by atoms with Gasteiger partial charge < -0.3 is 20.8 Å². The Morgan fingerprint density at radius 1 is 0.938 bits per heavy atom. The predicted molar refractivity (Wildman–Crippen MR) is 59.4 cm³/mol. The first-order valence-electron chi connectivity index (χ1n) is 5.37. The molecule has 0 saturated carbocycles. The van der Waals surface area contributed by atoms with Gasteiger partial charge in [-0.05, 0) is 39.8 Å². The lowest BCUT2D eigenvalue weighted by molar-refractivity contribution is -0.140. The molecule has 0 aromatic heterocycles.